The van der Waals surface area contributed by atoms with Gasteiger partial charge in [-0.1, -0.05) is 6.07 Å². The normalized spacial score (nSPS) is 21.2. The Morgan fingerprint density at radius 3 is 3.09 bits per heavy atom. The highest BCUT2D eigenvalue weighted by Gasteiger charge is 2.23. The third-order valence-corrected chi connectivity index (χ3v) is 5.38. The predicted octanol–water partition coefficient (Wildman–Crippen LogP) is 3.57. The Balaban J connectivity index is 1.64. The number of nitrogens with zero attached hydrogens (tertiary/aromatic N) is 2. The van der Waals surface area contributed by atoms with Gasteiger partial charge in [0, 0.05) is 36.7 Å². The van der Waals surface area contributed by atoms with Crippen molar-refractivity contribution < 1.29 is 9.53 Å². The number of carbonyl (C=O) groups is 1. The van der Waals surface area contributed by atoms with Gasteiger partial charge in [0.2, 0.25) is 5.91 Å². The molecule has 22 heavy (non-hydrogen) atoms. The molecule has 0 saturated carbocycles. The summed E-state index contributed by atoms with van der Waals surface area (Å²) < 4.78 is 5.71. The zero-order valence-corrected chi connectivity index (χ0v) is 13.4. The number of carbonyl (C=O) groups excluding carboxylic acids is 1. The highest BCUT2D eigenvalue weighted by atomic mass is 32.1. The summed E-state index contributed by atoms with van der Waals surface area (Å²) in [4.78, 5) is 18.3. The minimum absolute atomic E-state index is 0.181. The van der Waals surface area contributed by atoms with Crippen molar-refractivity contribution in [2.75, 3.05) is 18.6 Å². The van der Waals surface area contributed by atoms with Crippen molar-refractivity contribution in [3.05, 3.63) is 34.2 Å². The molecule has 1 aromatic carbocycles. The molecule has 4 nitrogen and oxygen atoms in total. The number of ether oxygens (including phenoxy) is 1. The number of anilines is 1. The van der Waals surface area contributed by atoms with Crippen LogP contribution in [0.3, 0.4) is 0 Å². The molecule has 114 valence electrons. The van der Waals surface area contributed by atoms with Gasteiger partial charge < -0.3 is 9.64 Å². The molecule has 2 aromatic rings. The van der Waals surface area contributed by atoms with Gasteiger partial charge in [-0.3, -0.25) is 4.79 Å². The molecule has 0 radical (unpaired) electrons. The first kappa shape index (κ1) is 13.9. The van der Waals surface area contributed by atoms with Crippen LogP contribution in [0.4, 0.5) is 5.69 Å². The third-order valence-electron chi connectivity index (χ3n) is 4.45. The monoisotopic (exact) mass is 314 g/mol. The van der Waals surface area contributed by atoms with Crippen LogP contribution in [0.15, 0.2) is 23.6 Å². The summed E-state index contributed by atoms with van der Waals surface area (Å²) in [5, 5.41) is 3.19. The average Bonchev–Trinajstić information content (AvgIpc) is 3.21. The Morgan fingerprint density at radius 1 is 1.36 bits per heavy atom. The molecule has 0 aliphatic carbocycles. The second-order valence-electron chi connectivity index (χ2n) is 5.87. The van der Waals surface area contributed by atoms with E-state index in [1.54, 1.807) is 16.2 Å². The number of amides is 1. The number of benzene rings is 1. The van der Waals surface area contributed by atoms with E-state index in [1.807, 2.05) is 13.1 Å². The standard InChI is InChI=1S/C17H18N2O2S/c1-19-14-6-4-11(9-12(14)5-7-16(19)20)13-10-22-17(18-13)15-3-2-8-21-15/h4,6,9-10,15H,2-3,5,7-8H2,1H3. The van der Waals surface area contributed by atoms with Crippen LogP contribution in [0.1, 0.15) is 35.9 Å². The molecule has 3 heterocycles. The molecule has 1 aromatic heterocycles. The van der Waals surface area contributed by atoms with E-state index < -0.39 is 0 Å². The second kappa shape index (κ2) is 5.48. The summed E-state index contributed by atoms with van der Waals surface area (Å²) in [5.41, 5.74) is 4.39. The van der Waals surface area contributed by atoms with Gasteiger partial charge in [-0.2, -0.15) is 0 Å². The van der Waals surface area contributed by atoms with Gasteiger partial charge in [0.15, 0.2) is 0 Å². The van der Waals surface area contributed by atoms with Crippen molar-refractivity contribution in [1.82, 2.24) is 4.98 Å². The summed E-state index contributed by atoms with van der Waals surface area (Å²) in [6.07, 6.45) is 3.78. The van der Waals surface area contributed by atoms with Gasteiger partial charge in [-0.15, -0.1) is 11.3 Å². The first-order valence-corrected chi connectivity index (χ1v) is 8.57. The maximum atomic E-state index is 11.8. The maximum absolute atomic E-state index is 11.8. The van der Waals surface area contributed by atoms with E-state index in [9.17, 15) is 4.79 Å². The number of hydrogen-bond donors (Lipinski definition) is 0. The molecule has 1 fully saturated rings. The summed E-state index contributed by atoms with van der Waals surface area (Å²) in [5.74, 6) is 0.189. The largest absolute Gasteiger partial charge is 0.371 e. The van der Waals surface area contributed by atoms with Crippen LogP contribution in [0.2, 0.25) is 0 Å². The Labute approximate surface area is 133 Å². The van der Waals surface area contributed by atoms with Crippen molar-refractivity contribution in [2.24, 2.45) is 0 Å². The van der Waals surface area contributed by atoms with E-state index in [1.165, 1.54) is 5.56 Å². The lowest BCUT2D eigenvalue weighted by Gasteiger charge is -2.26. The van der Waals surface area contributed by atoms with Gasteiger partial charge >= 0.3 is 0 Å². The lowest BCUT2D eigenvalue weighted by Crippen LogP contribution is -2.30. The number of thiazole rings is 1. The summed E-state index contributed by atoms with van der Waals surface area (Å²) in [6.45, 7) is 0.846. The molecule has 2 aliphatic heterocycles. The van der Waals surface area contributed by atoms with Crippen LogP contribution >= 0.6 is 11.3 Å². The SMILES string of the molecule is CN1C(=O)CCc2cc(-c3csc(C4CCCO4)n3)ccc21. The fourth-order valence-electron chi connectivity index (χ4n) is 3.16. The van der Waals surface area contributed by atoms with Crippen molar-refractivity contribution in [3.8, 4) is 11.3 Å². The predicted molar refractivity (Wildman–Crippen MR) is 87.2 cm³/mol. The number of rotatable bonds is 2. The highest BCUT2D eigenvalue weighted by molar-refractivity contribution is 7.10. The highest BCUT2D eigenvalue weighted by Crippen LogP contribution is 2.35. The molecular formula is C17H18N2O2S. The van der Waals surface area contributed by atoms with E-state index in [2.05, 4.69) is 17.5 Å². The van der Waals surface area contributed by atoms with E-state index in [0.29, 0.717) is 6.42 Å². The van der Waals surface area contributed by atoms with Crippen LogP contribution in [0.25, 0.3) is 11.3 Å². The van der Waals surface area contributed by atoms with Gasteiger partial charge in [-0.05, 0) is 37.0 Å². The maximum Gasteiger partial charge on any atom is 0.227 e. The smallest absolute Gasteiger partial charge is 0.227 e. The second-order valence-corrected chi connectivity index (χ2v) is 6.76. The molecule has 1 saturated heterocycles. The van der Waals surface area contributed by atoms with Gasteiger partial charge in [0.1, 0.15) is 11.1 Å². The van der Waals surface area contributed by atoms with Crippen molar-refractivity contribution in [3.63, 3.8) is 0 Å². The zero-order valence-electron chi connectivity index (χ0n) is 12.5. The summed E-state index contributed by atoms with van der Waals surface area (Å²) in [6, 6.07) is 6.27. The quantitative estimate of drug-likeness (QED) is 0.851. The van der Waals surface area contributed by atoms with Crippen molar-refractivity contribution in [1.29, 1.82) is 0 Å². The Bertz CT molecular complexity index is 719. The van der Waals surface area contributed by atoms with Crippen LogP contribution in [0.5, 0.6) is 0 Å². The first-order chi connectivity index (χ1) is 10.7. The molecule has 0 spiro atoms. The average molecular weight is 314 g/mol. The van der Waals surface area contributed by atoms with E-state index in [4.69, 9.17) is 9.72 Å². The first-order valence-electron chi connectivity index (χ1n) is 7.69. The van der Waals surface area contributed by atoms with E-state index in [0.717, 1.165) is 47.8 Å². The molecule has 0 N–H and O–H groups in total. The third kappa shape index (κ3) is 2.34. The molecule has 0 bridgehead atoms. The molecule has 2 aliphatic rings. The van der Waals surface area contributed by atoms with E-state index >= 15 is 0 Å². The lowest BCUT2D eigenvalue weighted by atomic mass is 9.98. The molecular weight excluding hydrogens is 296 g/mol. The van der Waals surface area contributed by atoms with Crippen LogP contribution in [-0.2, 0) is 16.0 Å². The Hall–Kier alpha value is -1.72. The fraction of sp³-hybridized carbons (Fsp3) is 0.412. The number of fused-ring (bicyclic) bond motifs is 1. The number of aromatic nitrogens is 1. The molecule has 1 atom stereocenters. The van der Waals surface area contributed by atoms with Crippen LogP contribution < -0.4 is 4.90 Å². The van der Waals surface area contributed by atoms with Crippen LogP contribution in [-0.4, -0.2) is 24.5 Å². The van der Waals surface area contributed by atoms with Gasteiger partial charge in [0.25, 0.3) is 0 Å². The van der Waals surface area contributed by atoms with Crippen molar-refractivity contribution >= 4 is 22.9 Å². The minimum Gasteiger partial charge on any atom is -0.371 e. The summed E-state index contributed by atoms with van der Waals surface area (Å²) in [7, 11) is 1.85. The minimum atomic E-state index is 0.181. The van der Waals surface area contributed by atoms with Gasteiger partial charge in [-0.25, -0.2) is 4.98 Å². The lowest BCUT2D eigenvalue weighted by molar-refractivity contribution is -0.118. The molecule has 1 unspecified atom stereocenters. The topological polar surface area (TPSA) is 42.4 Å². The van der Waals surface area contributed by atoms with Crippen molar-refractivity contribution in [2.45, 2.75) is 31.8 Å². The van der Waals surface area contributed by atoms with Crippen LogP contribution in [0, 0.1) is 0 Å². The molecule has 1 amide bonds. The summed E-state index contributed by atoms with van der Waals surface area (Å²) >= 11 is 1.68. The number of hydrogen-bond acceptors (Lipinski definition) is 4. The Kier molecular flexibility index (Phi) is 3.47. The van der Waals surface area contributed by atoms with E-state index in [-0.39, 0.29) is 12.0 Å². The zero-order chi connectivity index (χ0) is 15.1. The number of aryl methyl sites for hydroxylation is 1. The fourth-order valence-corrected chi connectivity index (χ4v) is 4.07. The molecule has 5 heteroatoms. The Morgan fingerprint density at radius 2 is 2.27 bits per heavy atom. The van der Waals surface area contributed by atoms with Gasteiger partial charge in [0.05, 0.1) is 5.69 Å². The molecule has 4 rings (SSSR count).